The topological polar surface area (TPSA) is 77.0 Å². The van der Waals surface area contributed by atoms with Crippen LogP contribution in [-0.4, -0.2) is 19.9 Å². The largest absolute Gasteiger partial charge is 0.508 e. The first kappa shape index (κ1) is 12.6. The van der Waals surface area contributed by atoms with E-state index < -0.39 is 0 Å². The lowest BCUT2D eigenvalue weighted by Gasteiger charge is -2.15. The van der Waals surface area contributed by atoms with Gasteiger partial charge in [-0.05, 0) is 38.0 Å². The Labute approximate surface area is 106 Å². The molecule has 0 saturated carbocycles. The average molecular weight is 246 g/mol. The molecule has 0 spiro atoms. The molecule has 5 heteroatoms. The number of nitrogens with two attached hydrogens (primary N) is 1. The first-order chi connectivity index (χ1) is 8.58. The number of aromatic nitrogens is 3. The van der Waals surface area contributed by atoms with E-state index in [9.17, 15) is 5.11 Å². The second kappa shape index (κ2) is 5.18. The Kier molecular flexibility index (Phi) is 3.62. The van der Waals surface area contributed by atoms with Gasteiger partial charge in [0.2, 0.25) is 0 Å². The summed E-state index contributed by atoms with van der Waals surface area (Å²) in [6.07, 6.45) is 2.38. The average Bonchev–Trinajstić information content (AvgIpc) is 2.81. The molecule has 0 saturated heterocycles. The number of hydrogen-bond acceptors (Lipinski definition) is 4. The van der Waals surface area contributed by atoms with E-state index in [4.69, 9.17) is 5.73 Å². The number of hydrogen-bond donors (Lipinski definition) is 2. The summed E-state index contributed by atoms with van der Waals surface area (Å²) in [5.74, 6) is 1.05. The Balaban J connectivity index is 2.14. The van der Waals surface area contributed by atoms with Crippen molar-refractivity contribution < 1.29 is 5.11 Å². The van der Waals surface area contributed by atoms with Crippen LogP contribution in [-0.2, 0) is 6.42 Å². The van der Waals surface area contributed by atoms with Crippen LogP contribution >= 0.6 is 0 Å². The zero-order chi connectivity index (χ0) is 13.1. The first-order valence-electron chi connectivity index (χ1n) is 6.01. The van der Waals surface area contributed by atoms with Gasteiger partial charge in [0.1, 0.15) is 17.9 Å². The third kappa shape index (κ3) is 2.68. The molecule has 0 bridgehead atoms. The summed E-state index contributed by atoms with van der Waals surface area (Å²) in [4.78, 5) is 0. The lowest BCUT2D eigenvalue weighted by Crippen LogP contribution is -2.19. The molecule has 1 aromatic carbocycles. The van der Waals surface area contributed by atoms with Gasteiger partial charge in [0.15, 0.2) is 0 Å². The molecule has 0 aliphatic heterocycles. The smallest absolute Gasteiger partial charge is 0.150 e. The fourth-order valence-electron chi connectivity index (χ4n) is 1.89. The van der Waals surface area contributed by atoms with Crippen molar-refractivity contribution in [3.8, 4) is 5.75 Å². The van der Waals surface area contributed by atoms with E-state index in [2.05, 4.69) is 24.0 Å². The molecule has 18 heavy (non-hydrogen) atoms. The molecule has 96 valence electrons. The van der Waals surface area contributed by atoms with E-state index >= 15 is 0 Å². The Morgan fingerprint density at radius 2 is 1.94 bits per heavy atom. The van der Waals surface area contributed by atoms with Gasteiger partial charge in [0.25, 0.3) is 0 Å². The number of phenols is 1. The summed E-state index contributed by atoms with van der Waals surface area (Å²) in [5, 5.41) is 17.2. The Bertz CT molecular complexity index is 504. The van der Waals surface area contributed by atoms with E-state index in [-0.39, 0.29) is 11.8 Å². The maximum atomic E-state index is 9.23. The maximum Gasteiger partial charge on any atom is 0.150 e. The van der Waals surface area contributed by atoms with Crippen molar-refractivity contribution in [2.45, 2.75) is 32.4 Å². The summed E-state index contributed by atoms with van der Waals surface area (Å²) < 4.78 is 1.98. The number of benzene rings is 1. The molecule has 2 aromatic rings. The molecule has 0 unspecified atom stereocenters. The third-order valence-electron chi connectivity index (χ3n) is 2.88. The predicted octanol–water partition coefficient (Wildman–Crippen LogP) is 1.81. The van der Waals surface area contributed by atoms with Crippen molar-refractivity contribution in [1.82, 2.24) is 14.8 Å². The van der Waals surface area contributed by atoms with Crippen LogP contribution in [0.15, 0.2) is 30.6 Å². The van der Waals surface area contributed by atoms with Crippen LogP contribution in [0.5, 0.6) is 5.75 Å². The van der Waals surface area contributed by atoms with Crippen molar-refractivity contribution in [3.63, 3.8) is 0 Å². The zero-order valence-corrected chi connectivity index (χ0v) is 10.6. The molecular formula is C13H18N4O. The SMILES string of the molecule is CC(C)n1cnnc1[C@@H](N)Cc1ccc(O)cc1. The quantitative estimate of drug-likeness (QED) is 0.862. The minimum atomic E-state index is -0.195. The fraction of sp³-hybridized carbons (Fsp3) is 0.385. The predicted molar refractivity (Wildman–Crippen MR) is 69.1 cm³/mol. The van der Waals surface area contributed by atoms with Crippen molar-refractivity contribution in [2.24, 2.45) is 5.73 Å². The summed E-state index contributed by atoms with van der Waals surface area (Å²) in [6.45, 7) is 4.14. The number of phenolic OH excluding ortho intramolecular Hbond substituents is 1. The number of nitrogens with zero attached hydrogens (tertiary/aromatic N) is 3. The van der Waals surface area contributed by atoms with Gasteiger partial charge < -0.3 is 15.4 Å². The second-order valence-corrected chi connectivity index (χ2v) is 4.67. The van der Waals surface area contributed by atoms with Crippen molar-refractivity contribution in [3.05, 3.63) is 42.0 Å². The Hall–Kier alpha value is -1.88. The summed E-state index contributed by atoms with van der Waals surface area (Å²) in [6, 6.07) is 7.15. The Morgan fingerprint density at radius 3 is 2.56 bits per heavy atom. The molecule has 0 fully saturated rings. The normalized spacial score (nSPS) is 12.9. The Morgan fingerprint density at radius 1 is 1.28 bits per heavy atom. The van der Waals surface area contributed by atoms with Gasteiger partial charge in [-0.1, -0.05) is 12.1 Å². The van der Waals surface area contributed by atoms with Crippen LogP contribution < -0.4 is 5.73 Å². The zero-order valence-electron chi connectivity index (χ0n) is 10.6. The van der Waals surface area contributed by atoms with Gasteiger partial charge in [0.05, 0.1) is 6.04 Å². The molecule has 0 aliphatic rings. The lowest BCUT2D eigenvalue weighted by molar-refractivity contribution is 0.475. The van der Waals surface area contributed by atoms with E-state index in [0.717, 1.165) is 11.4 Å². The highest BCUT2D eigenvalue weighted by Gasteiger charge is 2.15. The second-order valence-electron chi connectivity index (χ2n) is 4.67. The van der Waals surface area contributed by atoms with Crippen LogP contribution in [0, 0.1) is 0 Å². The van der Waals surface area contributed by atoms with E-state index in [1.165, 1.54) is 0 Å². The summed E-state index contributed by atoms with van der Waals surface area (Å²) in [7, 11) is 0. The van der Waals surface area contributed by atoms with Crippen LogP contribution in [0.25, 0.3) is 0 Å². The monoisotopic (exact) mass is 246 g/mol. The van der Waals surface area contributed by atoms with Gasteiger partial charge in [0, 0.05) is 6.04 Å². The lowest BCUT2D eigenvalue weighted by atomic mass is 10.1. The molecule has 1 heterocycles. The molecule has 0 amide bonds. The van der Waals surface area contributed by atoms with Gasteiger partial charge in [-0.25, -0.2) is 0 Å². The molecule has 0 radical (unpaired) electrons. The third-order valence-corrected chi connectivity index (χ3v) is 2.88. The molecule has 5 nitrogen and oxygen atoms in total. The highest BCUT2D eigenvalue weighted by molar-refractivity contribution is 5.26. The number of aromatic hydroxyl groups is 1. The van der Waals surface area contributed by atoms with Crippen LogP contribution in [0.3, 0.4) is 0 Å². The van der Waals surface area contributed by atoms with Crippen molar-refractivity contribution in [2.75, 3.05) is 0 Å². The van der Waals surface area contributed by atoms with Crippen LogP contribution in [0.2, 0.25) is 0 Å². The van der Waals surface area contributed by atoms with Crippen LogP contribution in [0.1, 0.15) is 37.3 Å². The number of rotatable bonds is 4. The minimum absolute atomic E-state index is 0.195. The first-order valence-corrected chi connectivity index (χ1v) is 6.01. The summed E-state index contributed by atoms with van der Waals surface area (Å²) in [5.41, 5.74) is 7.23. The highest BCUT2D eigenvalue weighted by atomic mass is 16.3. The van der Waals surface area contributed by atoms with E-state index in [1.54, 1.807) is 18.5 Å². The van der Waals surface area contributed by atoms with E-state index in [1.807, 2.05) is 16.7 Å². The van der Waals surface area contributed by atoms with Crippen LogP contribution in [0.4, 0.5) is 0 Å². The van der Waals surface area contributed by atoms with Gasteiger partial charge in [-0.2, -0.15) is 0 Å². The standard InChI is InChI=1S/C13H18N4O/c1-9(2)17-8-15-16-13(17)12(14)7-10-3-5-11(18)6-4-10/h3-6,8-9,12,18H,7,14H2,1-2H3/t12-/m0/s1. The molecule has 1 atom stereocenters. The van der Waals surface area contributed by atoms with Crippen molar-refractivity contribution in [1.29, 1.82) is 0 Å². The maximum absolute atomic E-state index is 9.23. The summed E-state index contributed by atoms with van der Waals surface area (Å²) >= 11 is 0. The fourth-order valence-corrected chi connectivity index (χ4v) is 1.89. The molecule has 3 N–H and O–H groups in total. The highest BCUT2D eigenvalue weighted by Crippen LogP contribution is 2.18. The molecule has 2 rings (SSSR count). The molecule has 1 aromatic heterocycles. The van der Waals surface area contributed by atoms with Crippen molar-refractivity contribution >= 4 is 0 Å². The molecular weight excluding hydrogens is 228 g/mol. The minimum Gasteiger partial charge on any atom is -0.508 e. The van der Waals surface area contributed by atoms with E-state index in [0.29, 0.717) is 12.5 Å². The van der Waals surface area contributed by atoms with Gasteiger partial charge in [-0.3, -0.25) is 0 Å². The van der Waals surface area contributed by atoms with Gasteiger partial charge in [-0.15, -0.1) is 10.2 Å². The molecule has 0 aliphatic carbocycles. The van der Waals surface area contributed by atoms with Gasteiger partial charge >= 0.3 is 0 Å².